The van der Waals surface area contributed by atoms with Crippen LogP contribution in [0.2, 0.25) is 5.15 Å². The first-order valence-electron chi connectivity index (χ1n) is 12.9. The Bertz CT molecular complexity index is 1430. The van der Waals surface area contributed by atoms with E-state index in [1.807, 2.05) is 0 Å². The summed E-state index contributed by atoms with van der Waals surface area (Å²) < 4.78 is 83.4. The minimum atomic E-state index is -4.61. The maximum absolute atomic E-state index is 13.3. The zero-order valence-corrected chi connectivity index (χ0v) is 23.9. The number of anilines is 2. The number of nitrogens with zero attached hydrogens (tertiary/aromatic N) is 4. The van der Waals surface area contributed by atoms with E-state index in [2.05, 4.69) is 4.98 Å². The van der Waals surface area contributed by atoms with Crippen molar-refractivity contribution in [2.24, 2.45) is 0 Å². The summed E-state index contributed by atoms with van der Waals surface area (Å²) in [6.07, 6.45) is -11.1. The number of piperazine rings is 1. The Kier molecular flexibility index (Phi) is 8.34. The minimum absolute atomic E-state index is 0.00363. The molecule has 42 heavy (non-hydrogen) atoms. The van der Waals surface area contributed by atoms with E-state index in [4.69, 9.17) is 25.8 Å². The van der Waals surface area contributed by atoms with Crippen LogP contribution >= 0.6 is 11.6 Å². The van der Waals surface area contributed by atoms with Gasteiger partial charge in [0.2, 0.25) is 10.0 Å². The first-order chi connectivity index (χ1) is 19.7. The highest BCUT2D eigenvalue weighted by atomic mass is 35.5. The number of hydrogen-bond donors (Lipinski definition) is 2. The molecule has 0 radical (unpaired) electrons. The Morgan fingerprint density at radius 3 is 2.26 bits per heavy atom. The fraction of sp³-hybridized carbons (Fsp3) is 0.520. The Morgan fingerprint density at radius 2 is 1.69 bits per heavy atom. The molecule has 2 aromatic rings. The summed E-state index contributed by atoms with van der Waals surface area (Å²) in [6, 6.07) is 6.52. The quantitative estimate of drug-likeness (QED) is 0.453. The number of carbonyl (C=O) groups is 1. The van der Waals surface area contributed by atoms with Gasteiger partial charge in [-0.15, -0.1) is 0 Å². The molecule has 1 aromatic carbocycles. The molecular formula is C25H28ClF3N4O8S. The molecule has 4 heterocycles. The number of benzene rings is 1. The third-order valence-electron chi connectivity index (χ3n) is 7.55. The molecule has 0 aliphatic carbocycles. The van der Waals surface area contributed by atoms with Crippen LogP contribution in [0.25, 0.3) is 0 Å². The number of hydrogen-bond acceptors (Lipinski definition) is 10. The Hall–Kier alpha value is -2.73. The van der Waals surface area contributed by atoms with Crippen molar-refractivity contribution < 1.29 is 50.8 Å². The second-order valence-corrected chi connectivity index (χ2v) is 12.4. The number of rotatable bonds is 6. The van der Waals surface area contributed by atoms with Gasteiger partial charge in [0.25, 0.3) is 0 Å². The minimum Gasteiger partial charge on any atom is -0.441 e. The monoisotopic (exact) mass is 636 g/mol. The average molecular weight is 637 g/mol. The van der Waals surface area contributed by atoms with Crippen LogP contribution in [0.3, 0.4) is 0 Å². The van der Waals surface area contributed by atoms with E-state index in [9.17, 15) is 36.6 Å². The lowest BCUT2D eigenvalue weighted by Crippen LogP contribution is -2.49. The predicted molar refractivity (Wildman–Crippen MR) is 142 cm³/mol. The molecule has 1 amide bonds. The molecule has 3 unspecified atom stereocenters. The smallest absolute Gasteiger partial charge is 0.416 e. The van der Waals surface area contributed by atoms with Gasteiger partial charge in [-0.2, -0.15) is 17.5 Å². The Labute approximate surface area is 244 Å². The average Bonchev–Trinajstić information content (AvgIpc) is 3.41. The maximum Gasteiger partial charge on any atom is 0.416 e. The number of sulfonamides is 1. The second-order valence-electron chi connectivity index (χ2n) is 10.1. The fourth-order valence-electron chi connectivity index (χ4n) is 5.30. The lowest BCUT2D eigenvalue weighted by Gasteiger charge is -2.35. The number of pyridine rings is 1. The zero-order chi connectivity index (χ0) is 30.6. The van der Waals surface area contributed by atoms with E-state index in [1.165, 1.54) is 45.5 Å². The largest absolute Gasteiger partial charge is 0.441 e. The van der Waals surface area contributed by atoms with Crippen molar-refractivity contribution in [1.29, 1.82) is 0 Å². The van der Waals surface area contributed by atoms with Gasteiger partial charge in [0.15, 0.2) is 12.4 Å². The van der Waals surface area contributed by atoms with E-state index in [0.717, 1.165) is 12.1 Å². The standard InChI is InChI=1S/C25H28ClF3N4O8S/c1-13-21(22-19(34)20(35)23(39-2)40-22)41-24(36)33(13)15-3-5-16(6-4-15)42(37,38)32-9-7-31(8-10-32)18-12-14(25(27,28)29)11-17(26)30-18/h3-6,11-13,19-23,34-35H,7-10H2,1-2H3/t13?,19-,20+,21?,22?,23+/m0/s1. The van der Waals surface area contributed by atoms with E-state index in [1.54, 1.807) is 6.92 Å². The number of aliphatic hydroxyl groups excluding tert-OH is 2. The molecule has 3 aliphatic rings. The van der Waals surface area contributed by atoms with E-state index in [-0.39, 0.29) is 42.0 Å². The van der Waals surface area contributed by atoms with Crippen LogP contribution in [-0.4, -0.2) is 104 Å². The highest BCUT2D eigenvalue weighted by molar-refractivity contribution is 7.89. The van der Waals surface area contributed by atoms with E-state index in [0.29, 0.717) is 5.69 Å². The van der Waals surface area contributed by atoms with Crippen molar-refractivity contribution in [3.8, 4) is 0 Å². The van der Waals surface area contributed by atoms with Gasteiger partial charge in [-0.1, -0.05) is 11.6 Å². The number of amides is 1. The van der Waals surface area contributed by atoms with Crippen LogP contribution in [0.5, 0.6) is 0 Å². The summed E-state index contributed by atoms with van der Waals surface area (Å²) in [5.41, 5.74) is -0.610. The molecule has 2 N–H and O–H groups in total. The Balaban J connectivity index is 1.26. The van der Waals surface area contributed by atoms with Gasteiger partial charge < -0.3 is 29.3 Å². The SMILES string of the molecule is CO[C@@H]1OC(C2OC(=O)N(c3ccc(S(=O)(=O)N4CCN(c5cc(C(F)(F)F)cc(Cl)n5)CC4)cc3)C2C)[C@@H](O)[C@H]1O. The first kappa shape index (κ1) is 30.7. The number of halogens is 4. The van der Waals surface area contributed by atoms with Crippen molar-refractivity contribution >= 4 is 39.2 Å². The van der Waals surface area contributed by atoms with Crippen LogP contribution in [0.1, 0.15) is 12.5 Å². The highest BCUT2D eigenvalue weighted by Gasteiger charge is 2.54. The molecule has 1 aromatic heterocycles. The van der Waals surface area contributed by atoms with Crippen LogP contribution in [-0.2, 0) is 30.4 Å². The molecule has 12 nitrogen and oxygen atoms in total. The summed E-state index contributed by atoms with van der Waals surface area (Å²) in [5.74, 6) is 0.00363. The molecule has 5 rings (SSSR count). The molecule has 0 spiro atoms. The molecular weight excluding hydrogens is 609 g/mol. The normalized spacial score (nSPS) is 29.3. The number of cyclic esters (lactones) is 1. The van der Waals surface area contributed by atoms with Gasteiger partial charge in [0, 0.05) is 39.0 Å². The molecule has 17 heteroatoms. The van der Waals surface area contributed by atoms with Gasteiger partial charge >= 0.3 is 12.3 Å². The third kappa shape index (κ3) is 5.64. The maximum atomic E-state index is 13.3. The Morgan fingerprint density at radius 1 is 1.05 bits per heavy atom. The summed E-state index contributed by atoms with van der Waals surface area (Å²) in [6.45, 7) is 1.83. The van der Waals surface area contributed by atoms with Gasteiger partial charge in [0.1, 0.15) is 29.3 Å². The second kappa shape index (κ2) is 11.4. The molecule has 3 saturated heterocycles. The predicted octanol–water partition coefficient (Wildman–Crippen LogP) is 2.07. The third-order valence-corrected chi connectivity index (χ3v) is 9.66. The van der Waals surface area contributed by atoms with Crippen molar-refractivity contribution in [2.45, 2.75) is 54.7 Å². The highest BCUT2D eigenvalue weighted by Crippen LogP contribution is 2.36. The van der Waals surface area contributed by atoms with Crippen molar-refractivity contribution in [1.82, 2.24) is 9.29 Å². The molecule has 3 aliphatic heterocycles. The summed E-state index contributed by atoms with van der Waals surface area (Å²) >= 11 is 5.79. The molecule has 3 fully saturated rings. The van der Waals surface area contributed by atoms with Crippen molar-refractivity contribution in [3.63, 3.8) is 0 Å². The van der Waals surface area contributed by atoms with Gasteiger partial charge in [-0.05, 0) is 43.3 Å². The summed E-state index contributed by atoms with van der Waals surface area (Å²) in [4.78, 5) is 19.5. The lowest BCUT2D eigenvalue weighted by molar-refractivity contribution is -0.161. The van der Waals surface area contributed by atoms with Gasteiger partial charge in [-0.25, -0.2) is 18.2 Å². The number of methoxy groups -OCH3 is 1. The van der Waals surface area contributed by atoms with Crippen LogP contribution < -0.4 is 9.80 Å². The zero-order valence-electron chi connectivity index (χ0n) is 22.3. The number of alkyl halides is 3. The van der Waals surface area contributed by atoms with Crippen LogP contribution in [0, 0.1) is 0 Å². The van der Waals surface area contributed by atoms with Crippen molar-refractivity contribution in [2.75, 3.05) is 43.1 Å². The van der Waals surface area contributed by atoms with Crippen LogP contribution in [0.4, 0.5) is 29.5 Å². The molecule has 6 atom stereocenters. The fourth-order valence-corrected chi connectivity index (χ4v) is 6.93. The van der Waals surface area contributed by atoms with E-state index >= 15 is 0 Å². The lowest BCUT2D eigenvalue weighted by atomic mass is 10.0. The topological polar surface area (TPSA) is 142 Å². The van der Waals surface area contributed by atoms with Crippen LogP contribution in [0.15, 0.2) is 41.3 Å². The number of aromatic nitrogens is 1. The number of carbonyl (C=O) groups excluding carboxylic acids is 1. The van der Waals surface area contributed by atoms with Gasteiger partial charge in [-0.3, -0.25) is 4.90 Å². The number of ether oxygens (including phenoxy) is 3. The first-order valence-corrected chi connectivity index (χ1v) is 14.7. The van der Waals surface area contributed by atoms with E-state index < -0.39 is 64.6 Å². The molecule has 230 valence electrons. The summed E-state index contributed by atoms with van der Waals surface area (Å²) in [7, 11) is -2.67. The number of aliphatic hydroxyl groups is 2. The molecule has 0 bridgehead atoms. The van der Waals surface area contributed by atoms with Gasteiger partial charge in [0.05, 0.1) is 16.5 Å². The summed E-state index contributed by atoms with van der Waals surface area (Å²) in [5, 5.41) is 20.1. The molecule has 0 saturated carbocycles. The van der Waals surface area contributed by atoms with Crippen molar-refractivity contribution in [3.05, 3.63) is 47.1 Å².